The number of rotatable bonds is 2. The molecule has 0 saturated heterocycles. The molecule has 1 aliphatic carbocycles. The fraction of sp³-hybridized carbons (Fsp3) is 0.556. The molecular weight excluding hydrogens is 184 g/mol. The van der Waals surface area contributed by atoms with Gasteiger partial charge in [-0.15, -0.1) is 0 Å². The molecule has 0 aromatic rings. The van der Waals surface area contributed by atoms with Crippen molar-refractivity contribution in [2.24, 2.45) is 5.92 Å². The van der Waals surface area contributed by atoms with E-state index in [0.717, 1.165) is 18.4 Å². The molecule has 4 heteroatoms. The van der Waals surface area contributed by atoms with Crippen molar-refractivity contribution in [3.8, 4) is 0 Å². The third-order valence-electron chi connectivity index (χ3n) is 1.68. The highest BCUT2D eigenvalue weighted by molar-refractivity contribution is 7.80. The van der Waals surface area contributed by atoms with Gasteiger partial charge in [-0.25, -0.2) is 0 Å². The summed E-state index contributed by atoms with van der Waals surface area (Å²) in [4.78, 5) is 11.2. The van der Waals surface area contributed by atoms with E-state index in [1.54, 1.807) is 6.20 Å². The first-order valence-electron chi connectivity index (χ1n) is 4.34. The maximum Gasteiger partial charge on any atom is 0.229 e. The van der Waals surface area contributed by atoms with Crippen LogP contribution in [0.25, 0.3) is 0 Å². The Morgan fingerprint density at radius 3 is 2.54 bits per heavy atom. The Kier molecular flexibility index (Phi) is 3.42. The van der Waals surface area contributed by atoms with Crippen LogP contribution in [0.5, 0.6) is 0 Å². The molecule has 1 rings (SSSR count). The van der Waals surface area contributed by atoms with Gasteiger partial charge in [0.2, 0.25) is 5.91 Å². The van der Waals surface area contributed by atoms with Gasteiger partial charge >= 0.3 is 0 Å². The maximum atomic E-state index is 11.2. The van der Waals surface area contributed by atoms with Gasteiger partial charge in [0.05, 0.1) is 0 Å². The lowest BCUT2D eigenvalue weighted by Gasteiger charge is -2.05. The zero-order chi connectivity index (χ0) is 9.84. The summed E-state index contributed by atoms with van der Waals surface area (Å²) in [5.74, 6) is 0.242. The molecule has 0 aromatic heterocycles. The molecule has 0 aliphatic heterocycles. The summed E-state index contributed by atoms with van der Waals surface area (Å²) in [6.07, 6.45) is 3.77. The van der Waals surface area contributed by atoms with Crippen LogP contribution in [0, 0.1) is 5.92 Å². The Morgan fingerprint density at radius 1 is 1.46 bits per heavy atom. The van der Waals surface area contributed by atoms with Crippen molar-refractivity contribution in [3.05, 3.63) is 11.8 Å². The molecule has 0 heterocycles. The Labute approximate surface area is 83.6 Å². The van der Waals surface area contributed by atoms with Gasteiger partial charge in [0.1, 0.15) is 0 Å². The Bertz CT molecular complexity index is 252. The van der Waals surface area contributed by atoms with E-state index in [9.17, 15) is 4.79 Å². The van der Waals surface area contributed by atoms with Crippen LogP contribution in [0.2, 0.25) is 0 Å². The highest BCUT2D eigenvalue weighted by Gasteiger charge is 2.29. The summed E-state index contributed by atoms with van der Waals surface area (Å²) in [5.41, 5.74) is 1.11. The minimum atomic E-state index is 0.0413. The summed E-state index contributed by atoms with van der Waals surface area (Å²) in [6.45, 7) is 3.91. The molecule has 1 fully saturated rings. The molecule has 1 aliphatic rings. The molecular formula is C9H14N2OS. The van der Waals surface area contributed by atoms with Crippen molar-refractivity contribution in [1.29, 1.82) is 0 Å². The van der Waals surface area contributed by atoms with Crippen LogP contribution in [0.4, 0.5) is 0 Å². The smallest absolute Gasteiger partial charge is 0.229 e. The number of hydrogen-bond acceptors (Lipinski definition) is 2. The topological polar surface area (TPSA) is 41.1 Å². The number of amides is 1. The minimum Gasteiger partial charge on any atom is -0.339 e. The van der Waals surface area contributed by atoms with Crippen molar-refractivity contribution < 1.29 is 4.79 Å². The maximum absolute atomic E-state index is 11.2. The normalized spacial score (nSPS) is 14.6. The van der Waals surface area contributed by atoms with Crippen molar-refractivity contribution in [1.82, 2.24) is 10.6 Å². The molecule has 2 N–H and O–H groups in total. The molecule has 0 spiro atoms. The fourth-order valence-electron chi connectivity index (χ4n) is 0.805. The monoisotopic (exact) mass is 198 g/mol. The average molecular weight is 198 g/mol. The van der Waals surface area contributed by atoms with Gasteiger partial charge in [0.15, 0.2) is 5.11 Å². The van der Waals surface area contributed by atoms with E-state index in [2.05, 4.69) is 10.6 Å². The molecule has 1 saturated carbocycles. The van der Waals surface area contributed by atoms with Gasteiger partial charge in [0, 0.05) is 12.1 Å². The SMILES string of the molecule is CC(C)=CNC(=S)NC(=O)C1CC1. The van der Waals surface area contributed by atoms with Crippen LogP contribution in [0.1, 0.15) is 26.7 Å². The van der Waals surface area contributed by atoms with Gasteiger partial charge in [0.25, 0.3) is 0 Å². The number of nitrogens with one attached hydrogen (secondary N) is 2. The quantitative estimate of drug-likeness (QED) is 0.657. The number of carbonyl (C=O) groups is 1. The number of allylic oxidation sites excluding steroid dienone is 1. The number of hydrogen-bond donors (Lipinski definition) is 2. The summed E-state index contributed by atoms with van der Waals surface area (Å²) in [6, 6.07) is 0. The van der Waals surface area contributed by atoms with Gasteiger partial charge in [-0.05, 0) is 38.9 Å². The van der Waals surface area contributed by atoms with Gasteiger partial charge < -0.3 is 10.6 Å². The molecule has 0 atom stereocenters. The predicted octanol–water partition coefficient (Wildman–Crippen LogP) is 1.31. The van der Waals surface area contributed by atoms with E-state index >= 15 is 0 Å². The van der Waals surface area contributed by atoms with Crippen molar-refractivity contribution >= 4 is 23.2 Å². The van der Waals surface area contributed by atoms with Crippen molar-refractivity contribution in [3.63, 3.8) is 0 Å². The van der Waals surface area contributed by atoms with Crippen LogP contribution in [0.15, 0.2) is 11.8 Å². The summed E-state index contributed by atoms with van der Waals surface area (Å²) in [7, 11) is 0. The Morgan fingerprint density at radius 2 is 2.08 bits per heavy atom. The molecule has 13 heavy (non-hydrogen) atoms. The Hall–Kier alpha value is -0.900. The number of carbonyl (C=O) groups excluding carboxylic acids is 1. The average Bonchev–Trinajstić information content (AvgIpc) is 2.82. The molecule has 0 bridgehead atoms. The molecule has 0 unspecified atom stereocenters. The Balaban J connectivity index is 2.24. The summed E-state index contributed by atoms with van der Waals surface area (Å²) < 4.78 is 0. The molecule has 3 nitrogen and oxygen atoms in total. The van der Waals surface area contributed by atoms with Crippen LogP contribution in [-0.2, 0) is 4.79 Å². The van der Waals surface area contributed by atoms with E-state index in [1.165, 1.54) is 0 Å². The fourth-order valence-corrected chi connectivity index (χ4v) is 0.965. The standard InChI is InChI=1S/C9H14N2OS/c1-6(2)5-10-9(13)11-8(12)7-3-4-7/h5,7H,3-4H2,1-2H3,(H2,10,11,12,13). The highest BCUT2D eigenvalue weighted by atomic mass is 32.1. The second kappa shape index (κ2) is 4.37. The van der Waals surface area contributed by atoms with E-state index < -0.39 is 0 Å². The van der Waals surface area contributed by atoms with E-state index in [4.69, 9.17) is 12.2 Å². The molecule has 0 radical (unpaired) electrons. The second-order valence-electron chi connectivity index (χ2n) is 3.46. The first-order valence-corrected chi connectivity index (χ1v) is 4.75. The molecule has 0 aromatic carbocycles. The third-order valence-corrected chi connectivity index (χ3v) is 1.90. The third kappa shape index (κ3) is 4.03. The largest absolute Gasteiger partial charge is 0.339 e. The van der Waals surface area contributed by atoms with Gasteiger partial charge in [-0.2, -0.15) is 0 Å². The van der Waals surface area contributed by atoms with Crippen molar-refractivity contribution in [2.75, 3.05) is 0 Å². The van der Waals surface area contributed by atoms with Crippen LogP contribution >= 0.6 is 12.2 Å². The van der Waals surface area contributed by atoms with Crippen molar-refractivity contribution in [2.45, 2.75) is 26.7 Å². The minimum absolute atomic E-state index is 0.0413. The zero-order valence-corrected chi connectivity index (χ0v) is 8.70. The lowest BCUT2D eigenvalue weighted by molar-refractivity contribution is -0.120. The lowest BCUT2D eigenvalue weighted by Crippen LogP contribution is -2.37. The van der Waals surface area contributed by atoms with Gasteiger partial charge in [-0.1, -0.05) is 5.57 Å². The van der Waals surface area contributed by atoms with Crippen LogP contribution in [-0.4, -0.2) is 11.0 Å². The van der Waals surface area contributed by atoms with Gasteiger partial charge in [-0.3, -0.25) is 4.79 Å². The lowest BCUT2D eigenvalue weighted by atomic mass is 10.4. The highest BCUT2D eigenvalue weighted by Crippen LogP contribution is 2.28. The second-order valence-corrected chi connectivity index (χ2v) is 3.87. The molecule has 72 valence electrons. The first-order chi connectivity index (χ1) is 6.09. The van der Waals surface area contributed by atoms with Crippen LogP contribution in [0.3, 0.4) is 0 Å². The van der Waals surface area contributed by atoms with Crippen LogP contribution < -0.4 is 10.6 Å². The van der Waals surface area contributed by atoms with E-state index in [0.29, 0.717) is 5.11 Å². The first kappa shape index (κ1) is 10.2. The van der Waals surface area contributed by atoms with E-state index in [-0.39, 0.29) is 11.8 Å². The summed E-state index contributed by atoms with van der Waals surface area (Å²) >= 11 is 4.91. The zero-order valence-electron chi connectivity index (χ0n) is 7.89. The summed E-state index contributed by atoms with van der Waals surface area (Å²) in [5, 5.41) is 5.85. The van der Waals surface area contributed by atoms with E-state index in [1.807, 2.05) is 13.8 Å². The predicted molar refractivity (Wildman–Crippen MR) is 56.0 cm³/mol. The molecule has 1 amide bonds. The number of thiocarbonyl (C=S) groups is 1.